The summed E-state index contributed by atoms with van der Waals surface area (Å²) in [5.41, 5.74) is -0.206. The molecule has 0 unspecified atom stereocenters. The SMILES string of the molecule is O=C(O)c1cn(CCNc2c(F)cc(F)cc2Cl)nn1. The second kappa shape index (κ2) is 5.83. The Labute approximate surface area is 117 Å². The van der Waals surface area contributed by atoms with Crippen molar-refractivity contribution >= 4 is 23.3 Å². The number of carboxylic acids is 1. The van der Waals surface area contributed by atoms with Crippen molar-refractivity contribution in [2.75, 3.05) is 11.9 Å². The van der Waals surface area contributed by atoms with Gasteiger partial charge in [-0.25, -0.2) is 18.3 Å². The van der Waals surface area contributed by atoms with Gasteiger partial charge in [-0.1, -0.05) is 16.8 Å². The molecule has 0 radical (unpaired) electrons. The smallest absolute Gasteiger partial charge is 0.358 e. The molecule has 0 saturated carbocycles. The lowest BCUT2D eigenvalue weighted by atomic mass is 10.3. The summed E-state index contributed by atoms with van der Waals surface area (Å²) in [6.07, 6.45) is 1.24. The number of anilines is 1. The standard InChI is InChI=1S/C11H9ClF2N4O2/c12-7-3-6(13)4-8(14)10(7)15-1-2-18-5-9(11(19)20)16-17-18/h3-5,15H,1-2H2,(H,19,20). The molecular formula is C11H9ClF2N4O2. The van der Waals surface area contributed by atoms with Gasteiger partial charge in [0.15, 0.2) is 11.5 Å². The summed E-state index contributed by atoms with van der Waals surface area (Å²) >= 11 is 5.71. The van der Waals surface area contributed by atoms with Gasteiger partial charge in [-0.3, -0.25) is 0 Å². The van der Waals surface area contributed by atoms with E-state index in [1.165, 1.54) is 10.9 Å². The highest BCUT2D eigenvalue weighted by atomic mass is 35.5. The third-order valence-corrected chi connectivity index (χ3v) is 2.71. The second-order valence-electron chi connectivity index (χ2n) is 3.84. The quantitative estimate of drug-likeness (QED) is 0.883. The molecule has 1 aromatic carbocycles. The molecule has 1 heterocycles. The molecule has 9 heteroatoms. The minimum Gasteiger partial charge on any atom is -0.476 e. The fraction of sp³-hybridized carbons (Fsp3) is 0.182. The Morgan fingerprint density at radius 3 is 2.80 bits per heavy atom. The average molecular weight is 303 g/mol. The minimum absolute atomic E-state index is 0.0216. The zero-order valence-electron chi connectivity index (χ0n) is 9.98. The van der Waals surface area contributed by atoms with Crippen molar-refractivity contribution in [1.29, 1.82) is 0 Å². The summed E-state index contributed by atoms with van der Waals surface area (Å²) < 4.78 is 27.6. The molecular weight excluding hydrogens is 294 g/mol. The van der Waals surface area contributed by atoms with Crippen LogP contribution in [0.1, 0.15) is 10.5 Å². The van der Waals surface area contributed by atoms with Crippen LogP contribution in [0.3, 0.4) is 0 Å². The highest BCUT2D eigenvalue weighted by Crippen LogP contribution is 2.26. The van der Waals surface area contributed by atoms with Crippen molar-refractivity contribution in [3.63, 3.8) is 0 Å². The Hall–Kier alpha value is -2.22. The van der Waals surface area contributed by atoms with Crippen molar-refractivity contribution in [2.45, 2.75) is 6.54 Å². The van der Waals surface area contributed by atoms with Crippen LogP contribution in [-0.4, -0.2) is 32.6 Å². The maximum absolute atomic E-state index is 13.4. The van der Waals surface area contributed by atoms with Gasteiger partial charge in [0.1, 0.15) is 5.82 Å². The third kappa shape index (κ3) is 3.21. The van der Waals surface area contributed by atoms with E-state index in [0.29, 0.717) is 6.07 Å². The number of hydrogen-bond donors (Lipinski definition) is 2. The van der Waals surface area contributed by atoms with Gasteiger partial charge in [-0.05, 0) is 6.07 Å². The molecule has 0 aliphatic carbocycles. The Morgan fingerprint density at radius 2 is 2.20 bits per heavy atom. The molecule has 0 aliphatic heterocycles. The fourth-order valence-corrected chi connectivity index (χ4v) is 1.77. The Balaban J connectivity index is 1.97. The fourth-order valence-electron chi connectivity index (χ4n) is 1.51. The number of benzene rings is 1. The van der Waals surface area contributed by atoms with Crippen molar-refractivity contribution in [3.8, 4) is 0 Å². The van der Waals surface area contributed by atoms with Gasteiger partial charge in [-0.15, -0.1) is 5.10 Å². The van der Waals surface area contributed by atoms with Crippen LogP contribution >= 0.6 is 11.6 Å². The van der Waals surface area contributed by atoms with Gasteiger partial charge in [0.05, 0.1) is 23.5 Å². The number of halogens is 3. The summed E-state index contributed by atoms with van der Waals surface area (Å²) in [6, 6.07) is 1.71. The molecule has 0 saturated heterocycles. The van der Waals surface area contributed by atoms with E-state index in [2.05, 4.69) is 15.6 Å². The van der Waals surface area contributed by atoms with Crippen LogP contribution in [0, 0.1) is 11.6 Å². The van der Waals surface area contributed by atoms with Crippen molar-refractivity contribution in [1.82, 2.24) is 15.0 Å². The maximum atomic E-state index is 13.4. The molecule has 6 nitrogen and oxygen atoms in total. The third-order valence-electron chi connectivity index (χ3n) is 2.41. The Bertz CT molecular complexity index is 624. The van der Waals surface area contributed by atoms with Crippen molar-refractivity contribution < 1.29 is 18.7 Å². The molecule has 2 N–H and O–H groups in total. The molecule has 20 heavy (non-hydrogen) atoms. The van der Waals surface area contributed by atoms with Crippen LogP contribution in [-0.2, 0) is 6.54 Å². The first-order valence-corrected chi connectivity index (χ1v) is 5.87. The van der Waals surface area contributed by atoms with E-state index in [-0.39, 0.29) is 29.5 Å². The first-order valence-electron chi connectivity index (χ1n) is 5.49. The second-order valence-corrected chi connectivity index (χ2v) is 4.25. The van der Waals surface area contributed by atoms with Gasteiger partial charge >= 0.3 is 5.97 Å². The monoisotopic (exact) mass is 302 g/mol. The number of carboxylic acid groups (broad SMARTS) is 1. The van der Waals surface area contributed by atoms with Crippen molar-refractivity contribution in [2.24, 2.45) is 0 Å². The summed E-state index contributed by atoms with van der Waals surface area (Å²) in [6.45, 7) is 0.456. The average Bonchev–Trinajstić information content (AvgIpc) is 2.81. The molecule has 2 rings (SSSR count). The van der Waals surface area contributed by atoms with Gasteiger partial charge in [-0.2, -0.15) is 0 Å². The molecule has 0 amide bonds. The normalized spacial score (nSPS) is 10.6. The molecule has 1 aromatic heterocycles. The molecule has 0 aliphatic rings. The number of carbonyl (C=O) groups is 1. The summed E-state index contributed by atoms with van der Waals surface area (Å²) in [5, 5.41) is 18.3. The zero-order chi connectivity index (χ0) is 14.7. The number of aromatic carboxylic acids is 1. The maximum Gasteiger partial charge on any atom is 0.358 e. The Morgan fingerprint density at radius 1 is 1.45 bits per heavy atom. The van der Waals surface area contributed by atoms with E-state index in [9.17, 15) is 13.6 Å². The van der Waals surface area contributed by atoms with E-state index in [0.717, 1.165) is 6.07 Å². The lowest BCUT2D eigenvalue weighted by molar-refractivity contribution is 0.0690. The van der Waals surface area contributed by atoms with Crippen molar-refractivity contribution in [3.05, 3.63) is 40.7 Å². The van der Waals surface area contributed by atoms with E-state index >= 15 is 0 Å². The van der Waals surface area contributed by atoms with Crippen LogP contribution in [0.2, 0.25) is 5.02 Å². The molecule has 0 spiro atoms. The highest BCUT2D eigenvalue weighted by molar-refractivity contribution is 6.33. The van der Waals surface area contributed by atoms with E-state index in [1.807, 2.05) is 0 Å². The van der Waals surface area contributed by atoms with E-state index in [1.54, 1.807) is 0 Å². The number of nitrogens with zero attached hydrogens (tertiary/aromatic N) is 3. The van der Waals surface area contributed by atoms with Crippen LogP contribution in [0.5, 0.6) is 0 Å². The number of nitrogens with one attached hydrogen (secondary N) is 1. The predicted octanol–water partition coefficient (Wildman–Crippen LogP) is 2.02. The summed E-state index contributed by atoms with van der Waals surface area (Å²) in [5.74, 6) is -2.75. The largest absolute Gasteiger partial charge is 0.476 e. The van der Waals surface area contributed by atoms with Crippen LogP contribution in [0.15, 0.2) is 18.3 Å². The molecule has 2 aromatic rings. The van der Waals surface area contributed by atoms with Crippen LogP contribution < -0.4 is 5.32 Å². The molecule has 106 valence electrons. The molecule has 0 fully saturated rings. The lowest BCUT2D eigenvalue weighted by Crippen LogP contribution is -2.12. The molecule has 0 bridgehead atoms. The number of hydrogen-bond acceptors (Lipinski definition) is 4. The molecule has 0 atom stereocenters. The summed E-state index contributed by atoms with van der Waals surface area (Å²) in [7, 11) is 0. The van der Waals surface area contributed by atoms with Crippen LogP contribution in [0.25, 0.3) is 0 Å². The minimum atomic E-state index is -1.18. The van der Waals surface area contributed by atoms with Gasteiger partial charge in [0, 0.05) is 12.6 Å². The van der Waals surface area contributed by atoms with Gasteiger partial charge in [0.2, 0.25) is 0 Å². The van der Waals surface area contributed by atoms with E-state index < -0.39 is 17.6 Å². The topological polar surface area (TPSA) is 80.0 Å². The van der Waals surface area contributed by atoms with Gasteiger partial charge < -0.3 is 10.4 Å². The van der Waals surface area contributed by atoms with Crippen LogP contribution in [0.4, 0.5) is 14.5 Å². The Kier molecular flexibility index (Phi) is 4.14. The number of aromatic nitrogens is 3. The summed E-state index contributed by atoms with van der Waals surface area (Å²) in [4.78, 5) is 10.6. The first kappa shape index (κ1) is 14.2. The first-order chi connectivity index (χ1) is 9.47. The van der Waals surface area contributed by atoms with Gasteiger partial charge in [0.25, 0.3) is 0 Å². The van der Waals surface area contributed by atoms with E-state index in [4.69, 9.17) is 16.7 Å². The lowest BCUT2D eigenvalue weighted by Gasteiger charge is -2.09. The predicted molar refractivity (Wildman–Crippen MR) is 66.8 cm³/mol. The zero-order valence-corrected chi connectivity index (χ0v) is 10.7. The highest BCUT2D eigenvalue weighted by Gasteiger charge is 2.10. The number of rotatable bonds is 5.